The molecule has 1 saturated heterocycles. The highest BCUT2D eigenvalue weighted by Gasteiger charge is 2.48. The highest BCUT2D eigenvalue weighted by Crippen LogP contribution is 2.45. The van der Waals surface area contributed by atoms with Gasteiger partial charge in [-0.1, -0.05) is 44.9 Å². The third-order valence-corrected chi connectivity index (χ3v) is 8.32. The highest BCUT2D eigenvalue weighted by atomic mass is 16.7. The molecular formula is C26H36N4O3. The van der Waals surface area contributed by atoms with Crippen LogP contribution in [0, 0.1) is 18.3 Å². The molecule has 0 bridgehead atoms. The zero-order valence-corrected chi connectivity index (χ0v) is 19.8. The number of aromatic nitrogens is 3. The van der Waals surface area contributed by atoms with Crippen molar-refractivity contribution >= 4 is 16.8 Å². The Morgan fingerprint density at radius 1 is 1.15 bits per heavy atom. The number of piperidine rings is 1. The van der Waals surface area contributed by atoms with Crippen molar-refractivity contribution < 1.29 is 9.63 Å². The summed E-state index contributed by atoms with van der Waals surface area (Å²) in [5, 5.41) is 0.520. The summed E-state index contributed by atoms with van der Waals surface area (Å²) in [4.78, 5) is 43.4. The molecule has 3 fully saturated rings. The number of pyridine rings is 1. The quantitative estimate of drug-likeness (QED) is 0.684. The van der Waals surface area contributed by atoms with Crippen LogP contribution in [0.1, 0.15) is 82.9 Å². The second-order valence-corrected chi connectivity index (χ2v) is 10.5. The van der Waals surface area contributed by atoms with Gasteiger partial charge in [-0.05, 0) is 38.2 Å². The van der Waals surface area contributed by atoms with E-state index in [2.05, 4.69) is 14.9 Å². The first-order valence-electron chi connectivity index (χ1n) is 12.8. The highest BCUT2D eigenvalue weighted by molar-refractivity contribution is 5.76. The molecule has 2 aromatic heterocycles. The monoisotopic (exact) mass is 452 g/mol. The van der Waals surface area contributed by atoms with Gasteiger partial charge in [0.2, 0.25) is 5.91 Å². The molecule has 33 heavy (non-hydrogen) atoms. The minimum Gasteiger partial charge on any atom is -0.405 e. The molecule has 0 N–H and O–H groups in total. The summed E-state index contributed by atoms with van der Waals surface area (Å²) in [5.74, 6) is 1.58. The van der Waals surface area contributed by atoms with Gasteiger partial charge in [-0.25, -0.2) is 4.98 Å². The number of nitrogens with zero attached hydrogens (tertiary/aromatic N) is 4. The first-order valence-corrected chi connectivity index (χ1v) is 12.8. The topological polar surface area (TPSA) is 77.3 Å². The molecule has 0 radical (unpaired) electrons. The maximum atomic E-state index is 13.1. The Hall–Kier alpha value is -2.44. The van der Waals surface area contributed by atoms with Gasteiger partial charge >= 0.3 is 0 Å². The van der Waals surface area contributed by atoms with E-state index in [1.54, 1.807) is 25.4 Å². The van der Waals surface area contributed by atoms with Crippen molar-refractivity contribution in [1.29, 1.82) is 0 Å². The minimum atomic E-state index is -0.181. The molecule has 0 aromatic carbocycles. The van der Waals surface area contributed by atoms with E-state index in [-0.39, 0.29) is 17.1 Å². The molecule has 5 rings (SSSR count). The van der Waals surface area contributed by atoms with Crippen LogP contribution in [0.5, 0.6) is 0 Å². The predicted octanol–water partition coefficient (Wildman–Crippen LogP) is 4.05. The van der Waals surface area contributed by atoms with E-state index in [0.717, 1.165) is 51.0 Å². The van der Waals surface area contributed by atoms with E-state index in [1.807, 2.05) is 0 Å². The summed E-state index contributed by atoms with van der Waals surface area (Å²) in [6.45, 7) is 3.26. The number of hydrogen-bond acceptors (Lipinski definition) is 5. The zero-order chi connectivity index (χ0) is 22.8. The average Bonchev–Trinajstić information content (AvgIpc) is 3.30. The van der Waals surface area contributed by atoms with E-state index in [4.69, 9.17) is 4.84 Å². The fraction of sp³-hybridized carbons (Fsp3) is 0.692. The summed E-state index contributed by atoms with van der Waals surface area (Å²) in [7, 11) is 0. The number of aryl methyl sites for hydroxylation is 1. The second-order valence-electron chi connectivity index (χ2n) is 10.5. The van der Waals surface area contributed by atoms with Crippen LogP contribution < -0.4 is 10.4 Å². The maximum Gasteiger partial charge on any atom is 0.294 e. The molecular weight excluding hydrogens is 416 g/mol. The minimum absolute atomic E-state index is 0.0716. The van der Waals surface area contributed by atoms with Crippen LogP contribution >= 0.6 is 0 Å². The van der Waals surface area contributed by atoms with Crippen LogP contribution in [0.3, 0.4) is 0 Å². The normalized spacial score (nSPS) is 23.3. The van der Waals surface area contributed by atoms with Crippen LogP contribution in [0.4, 0.5) is 0 Å². The first kappa shape index (κ1) is 22.4. The Balaban J connectivity index is 1.30. The fourth-order valence-corrected chi connectivity index (χ4v) is 6.42. The number of fused-ring (bicyclic) bond motifs is 1. The Morgan fingerprint density at radius 3 is 2.73 bits per heavy atom. The van der Waals surface area contributed by atoms with Crippen LogP contribution in [0.2, 0.25) is 0 Å². The lowest BCUT2D eigenvalue weighted by Crippen LogP contribution is -2.56. The van der Waals surface area contributed by atoms with Crippen LogP contribution in [-0.4, -0.2) is 44.7 Å². The Bertz CT molecular complexity index is 1050. The van der Waals surface area contributed by atoms with Gasteiger partial charge in [0.25, 0.3) is 5.56 Å². The molecule has 1 amide bonds. The van der Waals surface area contributed by atoms with Gasteiger partial charge in [-0.15, -0.1) is 4.73 Å². The van der Waals surface area contributed by atoms with Gasteiger partial charge < -0.3 is 9.74 Å². The third kappa shape index (κ3) is 4.51. The molecule has 7 nitrogen and oxygen atoms in total. The number of carbonyl (C=O) groups is 1. The molecule has 2 aliphatic carbocycles. The number of amides is 1. The Labute approximate surface area is 195 Å². The summed E-state index contributed by atoms with van der Waals surface area (Å²) >= 11 is 0. The smallest absolute Gasteiger partial charge is 0.294 e. The van der Waals surface area contributed by atoms with Crippen molar-refractivity contribution in [3.8, 4) is 0 Å². The van der Waals surface area contributed by atoms with Crippen LogP contribution in [0.25, 0.3) is 10.9 Å². The molecule has 178 valence electrons. The largest absolute Gasteiger partial charge is 0.405 e. The molecule has 1 atom stereocenters. The maximum absolute atomic E-state index is 13.1. The lowest BCUT2D eigenvalue weighted by Gasteiger charge is -2.46. The van der Waals surface area contributed by atoms with Crippen molar-refractivity contribution in [2.75, 3.05) is 13.1 Å². The number of hydrogen-bond donors (Lipinski definition) is 0. The molecule has 1 spiro atoms. The lowest BCUT2D eigenvalue weighted by atomic mass is 9.75. The molecule has 3 heterocycles. The third-order valence-electron chi connectivity index (χ3n) is 8.32. The molecule has 1 unspecified atom stereocenters. The molecule has 2 saturated carbocycles. The zero-order valence-electron chi connectivity index (χ0n) is 19.8. The lowest BCUT2D eigenvalue weighted by molar-refractivity contribution is -0.144. The molecule has 7 heteroatoms. The van der Waals surface area contributed by atoms with Gasteiger partial charge in [-0.2, -0.15) is 0 Å². The van der Waals surface area contributed by atoms with E-state index in [1.165, 1.54) is 36.8 Å². The van der Waals surface area contributed by atoms with Gasteiger partial charge in [0.1, 0.15) is 11.9 Å². The van der Waals surface area contributed by atoms with Crippen molar-refractivity contribution in [2.45, 2.75) is 90.1 Å². The van der Waals surface area contributed by atoms with Crippen LogP contribution in [-0.2, 0) is 4.79 Å². The van der Waals surface area contributed by atoms with Crippen LogP contribution in [0.15, 0.2) is 23.3 Å². The van der Waals surface area contributed by atoms with E-state index >= 15 is 0 Å². The predicted molar refractivity (Wildman–Crippen MR) is 127 cm³/mol. The number of likely N-dealkylation sites (tertiary alicyclic amines) is 1. The molecule has 1 aliphatic heterocycles. The number of carbonyl (C=O) groups excluding carboxylic acids is 1. The second kappa shape index (κ2) is 9.43. The Kier molecular flexibility index (Phi) is 6.39. The molecule has 2 aromatic rings. The van der Waals surface area contributed by atoms with Gasteiger partial charge in [0, 0.05) is 37.5 Å². The van der Waals surface area contributed by atoms with Crippen molar-refractivity contribution in [1.82, 2.24) is 19.6 Å². The van der Waals surface area contributed by atoms with E-state index in [9.17, 15) is 9.59 Å². The van der Waals surface area contributed by atoms with Gasteiger partial charge in [-0.3, -0.25) is 14.6 Å². The van der Waals surface area contributed by atoms with Gasteiger partial charge in [0.05, 0.1) is 17.1 Å². The molecule has 3 aliphatic rings. The average molecular weight is 453 g/mol. The van der Waals surface area contributed by atoms with Gasteiger partial charge in [0.15, 0.2) is 0 Å². The van der Waals surface area contributed by atoms with E-state index < -0.39 is 0 Å². The number of rotatable bonds is 5. The summed E-state index contributed by atoms with van der Waals surface area (Å²) in [6.07, 6.45) is 16.6. The first-order chi connectivity index (χ1) is 16.1. The summed E-state index contributed by atoms with van der Waals surface area (Å²) in [6, 6.07) is 1.70. The fourth-order valence-electron chi connectivity index (χ4n) is 6.42. The SMILES string of the molecule is Cc1nc2cnccc2c(=O)n1OC1CCN(C(=O)CCC2CCCCC2)CC12CCCC2. The summed E-state index contributed by atoms with van der Waals surface area (Å²) < 4.78 is 1.38. The standard InChI is InChI=1S/C26H36N4O3/c1-19-28-22-17-27-15-11-21(22)25(32)30(19)33-23-12-16-29(18-26(23)13-5-6-14-26)24(31)10-9-20-7-3-2-4-8-20/h11,15,17,20,23H,2-10,12-14,16,18H2,1H3. The Morgan fingerprint density at radius 2 is 1.94 bits per heavy atom. The van der Waals surface area contributed by atoms with Crippen molar-refractivity contribution in [2.24, 2.45) is 11.3 Å². The van der Waals surface area contributed by atoms with Crippen molar-refractivity contribution in [3.05, 3.63) is 34.6 Å². The van der Waals surface area contributed by atoms with E-state index in [0.29, 0.717) is 35.6 Å². The summed E-state index contributed by atoms with van der Waals surface area (Å²) in [5.41, 5.74) is 0.338. The van der Waals surface area contributed by atoms with Crippen molar-refractivity contribution in [3.63, 3.8) is 0 Å².